The molecule has 0 aromatic heterocycles. The predicted octanol–water partition coefficient (Wildman–Crippen LogP) is 5.69. The number of hydrogen-bond donors (Lipinski definition) is 1. The lowest BCUT2D eigenvalue weighted by atomic mass is 10.1. The topological polar surface area (TPSA) is 50.7 Å². The van der Waals surface area contributed by atoms with Crippen molar-refractivity contribution in [1.82, 2.24) is 0 Å². The lowest BCUT2D eigenvalue weighted by Gasteiger charge is -2.09. The van der Waals surface area contributed by atoms with Crippen LogP contribution in [-0.2, 0) is 4.79 Å². The van der Waals surface area contributed by atoms with E-state index >= 15 is 0 Å². The van der Waals surface area contributed by atoms with Crippen LogP contribution in [0.2, 0.25) is 0 Å². The zero-order valence-corrected chi connectivity index (χ0v) is 17.3. The molecule has 29 heavy (non-hydrogen) atoms. The Morgan fingerprint density at radius 2 is 1.72 bits per heavy atom. The summed E-state index contributed by atoms with van der Waals surface area (Å²) in [7, 11) is 0. The smallest absolute Gasteiger partial charge is 0.262 e. The summed E-state index contributed by atoms with van der Waals surface area (Å²) in [5.74, 6) is 0.438. The van der Waals surface area contributed by atoms with Gasteiger partial charge in [-0.25, -0.2) is 0 Å². The van der Waals surface area contributed by atoms with Crippen molar-refractivity contribution in [2.45, 2.75) is 27.7 Å². The Bertz CT molecular complexity index is 1050. The highest BCUT2D eigenvalue weighted by Gasteiger charge is 2.05. The molecular weight excluding hydrogens is 360 g/mol. The molecule has 4 nitrogen and oxygen atoms in total. The van der Waals surface area contributed by atoms with E-state index in [1.807, 2.05) is 69.5 Å². The van der Waals surface area contributed by atoms with Crippen LogP contribution in [-0.4, -0.2) is 18.7 Å². The van der Waals surface area contributed by atoms with Gasteiger partial charge in [0.25, 0.3) is 5.91 Å². The molecule has 0 saturated heterocycles. The van der Waals surface area contributed by atoms with Crippen molar-refractivity contribution in [3.8, 4) is 5.75 Å². The molecule has 0 unspecified atom stereocenters. The van der Waals surface area contributed by atoms with E-state index in [-0.39, 0.29) is 12.5 Å². The molecule has 0 saturated carbocycles. The van der Waals surface area contributed by atoms with E-state index in [0.29, 0.717) is 5.75 Å². The summed E-state index contributed by atoms with van der Waals surface area (Å²) in [6.45, 7) is 8.10. The molecule has 0 bridgehead atoms. The van der Waals surface area contributed by atoms with Crippen molar-refractivity contribution < 1.29 is 9.53 Å². The fraction of sp³-hybridized carbons (Fsp3) is 0.200. The van der Waals surface area contributed by atoms with E-state index in [0.717, 1.165) is 28.1 Å². The highest BCUT2D eigenvalue weighted by molar-refractivity contribution is 5.92. The number of nitrogens with zero attached hydrogens (tertiary/aromatic N) is 1. The van der Waals surface area contributed by atoms with Crippen molar-refractivity contribution in [2.75, 3.05) is 11.9 Å². The van der Waals surface area contributed by atoms with E-state index < -0.39 is 0 Å². The maximum absolute atomic E-state index is 12.2. The Morgan fingerprint density at radius 3 is 2.52 bits per heavy atom. The Morgan fingerprint density at radius 1 is 0.931 bits per heavy atom. The second-order valence-corrected chi connectivity index (χ2v) is 7.26. The lowest BCUT2D eigenvalue weighted by molar-refractivity contribution is -0.118. The fourth-order valence-electron chi connectivity index (χ4n) is 2.85. The van der Waals surface area contributed by atoms with Crippen molar-refractivity contribution in [3.05, 3.63) is 88.5 Å². The summed E-state index contributed by atoms with van der Waals surface area (Å²) < 4.78 is 5.66. The van der Waals surface area contributed by atoms with E-state index in [2.05, 4.69) is 35.4 Å². The predicted molar refractivity (Wildman–Crippen MR) is 120 cm³/mol. The summed E-state index contributed by atoms with van der Waals surface area (Å²) in [5, 5.41) is 2.86. The normalized spacial score (nSPS) is 10.9. The number of amides is 1. The summed E-state index contributed by atoms with van der Waals surface area (Å²) >= 11 is 0. The van der Waals surface area contributed by atoms with Gasteiger partial charge in [0.05, 0.1) is 5.69 Å². The molecule has 0 heterocycles. The van der Waals surface area contributed by atoms with Crippen LogP contribution in [0.15, 0.2) is 65.7 Å². The van der Waals surface area contributed by atoms with E-state index in [1.165, 1.54) is 11.1 Å². The standard InChI is InChI=1S/C25H26N2O2/c1-17-8-9-19(3)24(12-17)26-15-21-6-5-7-23(14-21)29-16-25(28)27-22-11-10-18(2)20(4)13-22/h5-15H,16H2,1-4H3,(H,27,28). The Kier molecular flexibility index (Phi) is 6.45. The molecule has 0 aliphatic carbocycles. The number of hydrogen-bond acceptors (Lipinski definition) is 3. The molecule has 3 aromatic rings. The number of benzene rings is 3. The van der Waals surface area contributed by atoms with Crippen LogP contribution in [0, 0.1) is 27.7 Å². The average Bonchev–Trinajstić information content (AvgIpc) is 2.70. The van der Waals surface area contributed by atoms with Crippen LogP contribution in [0.1, 0.15) is 27.8 Å². The van der Waals surface area contributed by atoms with Crippen molar-refractivity contribution >= 4 is 23.5 Å². The third-order valence-corrected chi connectivity index (χ3v) is 4.74. The maximum Gasteiger partial charge on any atom is 0.262 e. The van der Waals surface area contributed by atoms with Gasteiger partial charge in [0.2, 0.25) is 0 Å². The van der Waals surface area contributed by atoms with Crippen LogP contribution >= 0.6 is 0 Å². The Hall–Kier alpha value is -3.40. The molecule has 0 spiro atoms. The number of nitrogens with one attached hydrogen (secondary N) is 1. The van der Waals surface area contributed by atoms with Crippen molar-refractivity contribution in [3.63, 3.8) is 0 Å². The van der Waals surface area contributed by atoms with Gasteiger partial charge in [0.1, 0.15) is 5.75 Å². The molecule has 3 rings (SSSR count). The first-order chi connectivity index (χ1) is 13.9. The first kappa shape index (κ1) is 20.3. The Labute approximate surface area is 172 Å². The lowest BCUT2D eigenvalue weighted by Crippen LogP contribution is -2.20. The van der Waals surface area contributed by atoms with Crippen LogP contribution in [0.3, 0.4) is 0 Å². The molecule has 4 heteroatoms. The van der Waals surface area contributed by atoms with Gasteiger partial charge < -0.3 is 10.1 Å². The van der Waals surface area contributed by atoms with E-state index in [9.17, 15) is 4.79 Å². The number of ether oxygens (including phenoxy) is 1. The number of rotatable bonds is 6. The summed E-state index contributed by atoms with van der Waals surface area (Å²) in [5.41, 5.74) is 7.27. The van der Waals surface area contributed by atoms with Crippen LogP contribution < -0.4 is 10.1 Å². The van der Waals surface area contributed by atoms with E-state index in [1.54, 1.807) is 0 Å². The second kappa shape index (κ2) is 9.20. The number of carbonyl (C=O) groups excluding carboxylic acids is 1. The highest BCUT2D eigenvalue weighted by Crippen LogP contribution is 2.20. The minimum atomic E-state index is -0.192. The highest BCUT2D eigenvalue weighted by atomic mass is 16.5. The maximum atomic E-state index is 12.2. The van der Waals surface area contributed by atoms with Gasteiger partial charge in [-0.1, -0.05) is 30.3 Å². The number of aliphatic imine (C=N–C) groups is 1. The second-order valence-electron chi connectivity index (χ2n) is 7.26. The number of carbonyl (C=O) groups is 1. The molecular formula is C25H26N2O2. The van der Waals surface area contributed by atoms with Crippen molar-refractivity contribution in [2.24, 2.45) is 4.99 Å². The number of aryl methyl sites for hydroxylation is 4. The zero-order valence-electron chi connectivity index (χ0n) is 17.3. The van der Waals surface area contributed by atoms with Gasteiger partial charge in [0.15, 0.2) is 6.61 Å². The van der Waals surface area contributed by atoms with Crippen LogP contribution in [0.4, 0.5) is 11.4 Å². The van der Waals surface area contributed by atoms with Gasteiger partial charge in [-0.05, 0) is 85.8 Å². The SMILES string of the molecule is Cc1ccc(C)c(N=Cc2cccc(OCC(=O)Nc3ccc(C)c(C)c3)c2)c1. The molecule has 0 atom stereocenters. The largest absolute Gasteiger partial charge is 0.484 e. The Balaban J connectivity index is 1.60. The third-order valence-electron chi connectivity index (χ3n) is 4.74. The molecule has 0 radical (unpaired) electrons. The minimum absolute atomic E-state index is 0.0511. The monoisotopic (exact) mass is 386 g/mol. The molecule has 0 aliphatic heterocycles. The van der Waals surface area contributed by atoms with Crippen LogP contribution in [0.5, 0.6) is 5.75 Å². The zero-order chi connectivity index (χ0) is 20.8. The molecule has 1 N–H and O–H groups in total. The summed E-state index contributed by atoms with van der Waals surface area (Å²) in [6.07, 6.45) is 1.81. The quantitative estimate of drug-likeness (QED) is 0.553. The first-order valence-corrected chi connectivity index (χ1v) is 9.62. The molecule has 3 aromatic carbocycles. The van der Waals surface area contributed by atoms with Gasteiger partial charge in [-0.3, -0.25) is 9.79 Å². The molecule has 0 aliphatic rings. The minimum Gasteiger partial charge on any atom is -0.484 e. The number of anilines is 1. The third kappa shape index (κ3) is 5.79. The van der Waals surface area contributed by atoms with Gasteiger partial charge in [-0.2, -0.15) is 0 Å². The summed E-state index contributed by atoms with van der Waals surface area (Å²) in [6, 6.07) is 19.6. The molecule has 1 amide bonds. The van der Waals surface area contributed by atoms with Crippen molar-refractivity contribution in [1.29, 1.82) is 0 Å². The fourth-order valence-corrected chi connectivity index (χ4v) is 2.85. The van der Waals surface area contributed by atoms with E-state index in [4.69, 9.17) is 4.74 Å². The molecule has 0 fully saturated rings. The summed E-state index contributed by atoms with van der Waals surface area (Å²) in [4.78, 5) is 16.8. The van der Waals surface area contributed by atoms with Crippen LogP contribution in [0.25, 0.3) is 0 Å². The first-order valence-electron chi connectivity index (χ1n) is 9.62. The molecule has 148 valence electrons. The van der Waals surface area contributed by atoms with Gasteiger partial charge in [0, 0.05) is 11.9 Å². The average molecular weight is 386 g/mol. The van der Waals surface area contributed by atoms with Gasteiger partial charge >= 0.3 is 0 Å². The van der Waals surface area contributed by atoms with Gasteiger partial charge in [-0.15, -0.1) is 0 Å².